The number of carbonyl (C=O) groups excluding carboxylic acids is 2. The van der Waals surface area contributed by atoms with E-state index in [4.69, 9.17) is 25.8 Å². The Labute approximate surface area is 204 Å². The molecule has 7 heteroatoms. The lowest BCUT2D eigenvalue weighted by molar-refractivity contribution is -0.138. The van der Waals surface area contributed by atoms with Crippen LogP contribution in [0.2, 0.25) is 5.02 Å². The van der Waals surface area contributed by atoms with Gasteiger partial charge in [0.15, 0.2) is 17.3 Å². The number of ether oxygens (including phenoxy) is 3. The van der Waals surface area contributed by atoms with Crippen molar-refractivity contribution in [2.24, 2.45) is 0 Å². The number of hydrogen-bond acceptors (Lipinski definition) is 6. The summed E-state index contributed by atoms with van der Waals surface area (Å²) in [5, 5.41) is 4.01. The van der Waals surface area contributed by atoms with Crippen LogP contribution in [0.15, 0.2) is 65.0 Å². The Morgan fingerprint density at radius 2 is 1.82 bits per heavy atom. The highest BCUT2D eigenvalue weighted by Gasteiger charge is 2.42. The summed E-state index contributed by atoms with van der Waals surface area (Å²) in [6.07, 6.45) is 0.971. The Kier molecular flexibility index (Phi) is 6.98. The zero-order valence-corrected chi connectivity index (χ0v) is 20.5. The minimum atomic E-state index is -0.626. The molecule has 2 unspecified atom stereocenters. The van der Waals surface area contributed by atoms with Crippen LogP contribution in [-0.2, 0) is 14.3 Å². The number of ketones is 1. The van der Waals surface area contributed by atoms with Gasteiger partial charge >= 0.3 is 5.97 Å². The monoisotopic (exact) mass is 481 g/mol. The third-order valence-electron chi connectivity index (χ3n) is 6.41. The summed E-state index contributed by atoms with van der Waals surface area (Å²) in [5.74, 6) is -0.0610. The fourth-order valence-electron chi connectivity index (χ4n) is 4.94. The van der Waals surface area contributed by atoms with Crippen molar-refractivity contribution in [3.8, 4) is 11.5 Å². The Bertz CT molecular complexity index is 1180. The predicted octanol–water partition coefficient (Wildman–Crippen LogP) is 5.28. The summed E-state index contributed by atoms with van der Waals surface area (Å²) in [7, 11) is 3.11. The molecule has 0 saturated heterocycles. The summed E-state index contributed by atoms with van der Waals surface area (Å²) in [6, 6.07) is 13.1. The van der Waals surface area contributed by atoms with E-state index >= 15 is 0 Å². The molecule has 0 aromatic heterocycles. The number of halogens is 1. The van der Waals surface area contributed by atoms with E-state index in [2.05, 4.69) is 5.32 Å². The van der Waals surface area contributed by atoms with Gasteiger partial charge in [-0.25, -0.2) is 4.79 Å². The smallest absolute Gasteiger partial charge is 0.336 e. The highest BCUT2D eigenvalue weighted by molar-refractivity contribution is 6.30. The molecule has 2 aliphatic rings. The summed E-state index contributed by atoms with van der Waals surface area (Å²) in [4.78, 5) is 26.8. The second kappa shape index (κ2) is 9.94. The first-order valence-corrected chi connectivity index (χ1v) is 11.6. The number of allylic oxidation sites excluding steroid dienone is 3. The largest absolute Gasteiger partial charge is 0.493 e. The molecular formula is C27H28ClNO5. The van der Waals surface area contributed by atoms with Gasteiger partial charge in [-0.05, 0) is 49.9 Å². The molecule has 2 aromatic carbocycles. The highest BCUT2D eigenvalue weighted by atomic mass is 35.5. The van der Waals surface area contributed by atoms with Crippen molar-refractivity contribution in [3.05, 3.63) is 81.2 Å². The molecular weight excluding hydrogens is 454 g/mol. The molecule has 2 atom stereocenters. The van der Waals surface area contributed by atoms with E-state index in [1.165, 1.54) is 0 Å². The van der Waals surface area contributed by atoms with Crippen LogP contribution in [0.1, 0.15) is 49.7 Å². The van der Waals surface area contributed by atoms with Crippen LogP contribution in [0.4, 0.5) is 0 Å². The number of dihydropyridines is 1. The second-order valence-corrected chi connectivity index (χ2v) is 8.81. The summed E-state index contributed by atoms with van der Waals surface area (Å²) in [5.41, 5.74) is 4.21. The van der Waals surface area contributed by atoms with Gasteiger partial charge in [-0.3, -0.25) is 4.79 Å². The van der Waals surface area contributed by atoms with E-state index in [1.54, 1.807) is 27.2 Å². The van der Waals surface area contributed by atoms with Gasteiger partial charge in [-0.2, -0.15) is 0 Å². The summed E-state index contributed by atoms with van der Waals surface area (Å²) < 4.78 is 16.6. The Hall–Kier alpha value is -3.25. The highest BCUT2D eigenvalue weighted by Crippen LogP contribution is 2.49. The molecule has 0 fully saturated rings. The average Bonchev–Trinajstić information content (AvgIpc) is 2.82. The van der Waals surface area contributed by atoms with E-state index in [0.717, 1.165) is 11.3 Å². The number of methoxy groups -OCH3 is 2. The van der Waals surface area contributed by atoms with Crippen LogP contribution in [0, 0.1) is 0 Å². The van der Waals surface area contributed by atoms with Crippen molar-refractivity contribution >= 4 is 23.4 Å². The van der Waals surface area contributed by atoms with Gasteiger partial charge < -0.3 is 19.5 Å². The third-order valence-corrected chi connectivity index (χ3v) is 6.66. The van der Waals surface area contributed by atoms with E-state index in [0.29, 0.717) is 51.8 Å². The maximum atomic E-state index is 13.7. The first-order chi connectivity index (χ1) is 16.4. The molecule has 0 saturated carbocycles. The van der Waals surface area contributed by atoms with Gasteiger partial charge in [0.05, 0.1) is 32.3 Å². The lowest BCUT2D eigenvalue weighted by Gasteiger charge is -2.37. The standard InChI is InChI=1S/C27H28ClNO5/c1-5-34-27(31)23-15(2)29-20-13-17(16-9-11-18(28)12-10-16)14-21(30)25(20)24(23)19-7-6-8-22(32-3)26(19)33-4/h6-12,17,24,29H,5,13-14H2,1-4H3. The number of hydrogen-bond donors (Lipinski definition) is 1. The molecule has 2 aromatic rings. The predicted molar refractivity (Wildman–Crippen MR) is 130 cm³/mol. The number of rotatable bonds is 6. The molecule has 4 rings (SSSR count). The van der Waals surface area contributed by atoms with Crippen molar-refractivity contribution in [1.29, 1.82) is 0 Å². The van der Waals surface area contributed by atoms with Crippen molar-refractivity contribution in [3.63, 3.8) is 0 Å². The number of Topliss-reactive ketones (excluding diaryl/α,β-unsaturated/α-hetero) is 1. The molecule has 1 heterocycles. The van der Waals surface area contributed by atoms with Gasteiger partial charge in [-0.15, -0.1) is 0 Å². The molecule has 34 heavy (non-hydrogen) atoms. The molecule has 1 N–H and O–H groups in total. The third kappa shape index (κ3) is 4.30. The van der Waals surface area contributed by atoms with Crippen LogP contribution in [0.5, 0.6) is 11.5 Å². The molecule has 0 bridgehead atoms. The molecule has 0 amide bonds. The summed E-state index contributed by atoms with van der Waals surface area (Å²) in [6.45, 7) is 3.83. The zero-order valence-electron chi connectivity index (χ0n) is 19.7. The van der Waals surface area contributed by atoms with Crippen molar-refractivity contribution < 1.29 is 23.8 Å². The molecule has 6 nitrogen and oxygen atoms in total. The Morgan fingerprint density at radius 1 is 1.09 bits per heavy atom. The van der Waals surface area contributed by atoms with Crippen LogP contribution in [0.25, 0.3) is 0 Å². The Balaban J connectivity index is 1.86. The van der Waals surface area contributed by atoms with E-state index in [9.17, 15) is 9.59 Å². The second-order valence-electron chi connectivity index (χ2n) is 8.37. The lowest BCUT2D eigenvalue weighted by atomic mass is 9.71. The van der Waals surface area contributed by atoms with Gasteiger partial charge in [0, 0.05) is 34.0 Å². The summed E-state index contributed by atoms with van der Waals surface area (Å²) >= 11 is 6.06. The van der Waals surface area contributed by atoms with Crippen molar-refractivity contribution in [1.82, 2.24) is 5.32 Å². The van der Waals surface area contributed by atoms with Crippen LogP contribution < -0.4 is 14.8 Å². The zero-order chi connectivity index (χ0) is 24.4. The number of nitrogens with one attached hydrogen (secondary N) is 1. The number of benzene rings is 2. The minimum Gasteiger partial charge on any atom is -0.493 e. The molecule has 0 radical (unpaired) electrons. The van der Waals surface area contributed by atoms with Crippen molar-refractivity contribution in [2.75, 3.05) is 20.8 Å². The van der Waals surface area contributed by atoms with Gasteiger partial charge in [0.1, 0.15) is 0 Å². The maximum absolute atomic E-state index is 13.7. The number of para-hydroxylation sites is 1. The van der Waals surface area contributed by atoms with Crippen LogP contribution in [0.3, 0.4) is 0 Å². The van der Waals surface area contributed by atoms with Gasteiger partial charge in [0.2, 0.25) is 0 Å². The fraction of sp³-hybridized carbons (Fsp3) is 0.333. The lowest BCUT2D eigenvalue weighted by Crippen LogP contribution is -2.36. The van der Waals surface area contributed by atoms with E-state index in [-0.39, 0.29) is 18.3 Å². The first kappa shape index (κ1) is 23.9. The number of esters is 1. The molecule has 1 aliphatic carbocycles. The molecule has 0 spiro atoms. The quantitative estimate of drug-likeness (QED) is 0.566. The normalized spacial score (nSPS) is 20.0. The number of carbonyl (C=O) groups is 2. The van der Waals surface area contributed by atoms with Crippen LogP contribution >= 0.6 is 11.6 Å². The van der Waals surface area contributed by atoms with Crippen LogP contribution in [-0.4, -0.2) is 32.6 Å². The van der Waals surface area contributed by atoms with E-state index < -0.39 is 11.9 Å². The topological polar surface area (TPSA) is 73.9 Å². The van der Waals surface area contributed by atoms with Gasteiger partial charge in [0.25, 0.3) is 0 Å². The minimum absolute atomic E-state index is 0.0146. The average molecular weight is 482 g/mol. The van der Waals surface area contributed by atoms with E-state index in [1.807, 2.05) is 43.3 Å². The van der Waals surface area contributed by atoms with Crippen molar-refractivity contribution in [2.45, 2.75) is 38.5 Å². The Morgan fingerprint density at radius 3 is 2.47 bits per heavy atom. The van der Waals surface area contributed by atoms with Gasteiger partial charge in [-0.1, -0.05) is 35.9 Å². The molecule has 1 aliphatic heterocycles. The maximum Gasteiger partial charge on any atom is 0.336 e. The SMILES string of the molecule is CCOC(=O)C1=C(C)NC2=C(C(=O)CC(c3ccc(Cl)cc3)C2)C1c1cccc(OC)c1OC. The fourth-order valence-corrected chi connectivity index (χ4v) is 5.07. The first-order valence-electron chi connectivity index (χ1n) is 11.3. The molecule has 178 valence electrons.